The third-order valence-electron chi connectivity index (χ3n) is 2.06. The van der Waals surface area contributed by atoms with Gasteiger partial charge in [0.05, 0.1) is 12.5 Å². The lowest BCUT2D eigenvalue weighted by Gasteiger charge is -1.94. The van der Waals surface area contributed by atoms with E-state index in [0.29, 0.717) is 6.42 Å². The first-order chi connectivity index (χ1) is 6.31. The molecule has 0 saturated heterocycles. The van der Waals surface area contributed by atoms with Gasteiger partial charge >= 0.3 is 0 Å². The molecule has 0 atom stereocenters. The fourth-order valence-corrected chi connectivity index (χ4v) is 1.43. The topological polar surface area (TPSA) is 39.6 Å². The number of H-pyrrole nitrogens is 1. The van der Waals surface area contributed by atoms with Crippen LogP contribution in [-0.2, 0) is 6.42 Å². The Kier molecular flexibility index (Phi) is 1.82. The van der Waals surface area contributed by atoms with Gasteiger partial charge in [-0.1, -0.05) is 17.6 Å². The molecule has 2 aromatic rings. The summed E-state index contributed by atoms with van der Waals surface area (Å²) in [5.41, 5.74) is 2.76. The molecule has 3 heteroatoms. The molecule has 2 nitrogen and oxygen atoms in total. The molecule has 0 bridgehead atoms. The van der Waals surface area contributed by atoms with Gasteiger partial charge in [-0.25, -0.2) is 0 Å². The Morgan fingerprint density at radius 2 is 2.31 bits per heavy atom. The summed E-state index contributed by atoms with van der Waals surface area (Å²) < 4.78 is 0. The minimum Gasteiger partial charge on any atom is -0.361 e. The van der Waals surface area contributed by atoms with E-state index in [4.69, 9.17) is 13.1 Å². The van der Waals surface area contributed by atoms with E-state index in [1.54, 1.807) is 0 Å². The van der Waals surface area contributed by atoms with Gasteiger partial charge in [-0.05, 0) is 11.6 Å². The molecule has 1 heterocycles. The highest BCUT2D eigenvalue weighted by molar-refractivity contribution is 6.33. The van der Waals surface area contributed by atoms with Crippen LogP contribution in [0.4, 0.5) is 0 Å². The van der Waals surface area contributed by atoms with Crippen LogP contribution in [0.3, 0.4) is 0 Å². The molecule has 60 valence electrons. The Balaban J connectivity index is 2.66. The molecule has 0 spiro atoms. The van der Waals surface area contributed by atoms with Gasteiger partial charge in [0.2, 0.25) is 0 Å². The van der Waals surface area contributed by atoms with E-state index in [2.05, 4.69) is 11.1 Å². The molecule has 0 fully saturated rings. The number of nitrogens with zero attached hydrogens (tertiary/aromatic N) is 1. The van der Waals surface area contributed by atoms with Gasteiger partial charge in [0.15, 0.2) is 0 Å². The molecule has 0 aliphatic carbocycles. The molecular formula is C10H7BN2. The molecule has 1 N–H and O–H groups in total. The number of aromatic nitrogens is 1. The maximum absolute atomic E-state index is 8.57. The quantitative estimate of drug-likeness (QED) is 0.631. The van der Waals surface area contributed by atoms with Crippen LogP contribution in [0.25, 0.3) is 10.9 Å². The lowest BCUT2D eigenvalue weighted by atomic mass is 9.94. The van der Waals surface area contributed by atoms with Crippen LogP contribution in [0.1, 0.15) is 5.56 Å². The lowest BCUT2D eigenvalue weighted by Crippen LogP contribution is -1.99. The van der Waals surface area contributed by atoms with Gasteiger partial charge < -0.3 is 4.98 Å². The average molecular weight is 166 g/mol. The minimum absolute atomic E-state index is 0.420. The SMILES string of the molecule is [B]c1ccc2[nH]cc(CC#N)c2c1. The van der Waals surface area contributed by atoms with Crippen molar-refractivity contribution in [2.45, 2.75) is 6.42 Å². The van der Waals surface area contributed by atoms with Crippen molar-refractivity contribution in [2.24, 2.45) is 0 Å². The van der Waals surface area contributed by atoms with Crippen molar-refractivity contribution < 1.29 is 0 Å². The summed E-state index contributed by atoms with van der Waals surface area (Å²) in [4.78, 5) is 3.09. The van der Waals surface area contributed by atoms with Crippen LogP contribution < -0.4 is 5.46 Å². The van der Waals surface area contributed by atoms with Crippen molar-refractivity contribution in [3.05, 3.63) is 30.0 Å². The van der Waals surface area contributed by atoms with Gasteiger partial charge in [0.1, 0.15) is 7.85 Å². The Morgan fingerprint density at radius 1 is 1.46 bits per heavy atom. The number of fused-ring (bicyclic) bond motifs is 1. The number of nitrogens with one attached hydrogen (secondary N) is 1. The Bertz CT molecular complexity index is 479. The van der Waals surface area contributed by atoms with Crippen molar-refractivity contribution in [1.29, 1.82) is 5.26 Å². The number of benzene rings is 1. The molecule has 0 saturated carbocycles. The predicted molar refractivity (Wildman–Crippen MR) is 53.0 cm³/mol. The molecule has 0 amide bonds. The van der Waals surface area contributed by atoms with E-state index in [1.807, 2.05) is 24.4 Å². The first kappa shape index (κ1) is 7.94. The highest BCUT2D eigenvalue weighted by Gasteiger charge is 2.01. The Hall–Kier alpha value is -1.69. The zero-order valence-corrected chi connectivity index (χ0v) is 7.04. The van der Waals surface area contributed by atoms with Crippen LogP contribution >= 0.6 is 0 Å². The number of rotatable bonds is 1. The fourth-order valence-electron chi connectivity index (χ4n) is 1.43. The van der Waals surface area contributed by atoms with Crippen molar-refractivity contribution in [1.82, 2.24) is 4.98 Å². The summed E-state index contributed by atoms with van der Waals surface area (Å²) >= 11 is 0. The van der Waals surface area contributed by atoms with Crippen LogP contribution in [0, 0.1) is 11.3 Å². The summed E-state index contributed by atoms with van der Waals surface area (Å²) in [5, 5.41) is 9.61. The summed E-state index contributed by atoms with van der Waals surface area (Å²) in [6, 6.07) is 7.77. The van der Waals surface area contributed by atoms with Crippen molar-refractivity contribution in [3.8, 4) is 6.07 Å². The second kappa shape index (κ2) is 2.99. The predicted octanol–water partition coefficient (Wildman–Crippen LogP) is 1.03. The molecule has 2 rings (SSSR count). The number of hydrogen-bond acceptors (Lipinski definition) is 1. The third-order valence-corrected chi connectivity index (χ3v) is 2.06. The van der Waals surface area contributed by atoms with Gasteiger partial charge in [-0.2, -0.15) is 5.26 Å². The van der Waals surface area contributed by atoms with E-state index in [-0.39, 0.29) is 0 Å². The second-order valence-electron chi connectivity index (χ2n) is 2.95. The lowest BCUT2D eigenvalue weighted by molar-refractivity contribution is 1.28. The van der Waals surface area contributed by atoms with E-state index in [9.17, 15) is 0 Å². The molecule has 1 aromatic carbocycles. The smallest absolute Gasteiger partial charge is 0.113 e. The van der Waals surface area contributed by atoms with Crippen LogP contribution in [0.2, 0.25) is 0 Å². The van der Waals surface area contributed by atoms with E-state index < -0.39 is 0 Å². The van der Waals surface area contributed by atoms with Crippen molar-refractivity contribution in [2.75, 3.05) is 0 Å². The summed E-state index contributed by atoms with van der Waals surface area (Å²) in [6.07, 6.45) is 2.27. The van der Waals surface area contributed by atoms with Gasteiger partial charge in [-0.3, -0.25) is 0 Å². The summed E-state index contributed by atoms with van der Waals surface area (Å²) in [5.74, 6) is 0. The third kappa shape index (κ3) is 1.31. The average Bonchev–Trinajstić information content (AvgIpc) is 2.49. The van der Waals surface area contributed by atoms with E-state index >= 15 is 0 Å². The Morgan fingerprint density at radius 3 is 3.08 bits per heavy atom. The molecule has 0 aliphatic heterocycles. The van der Waals surface area contributed by atoms with E-state index in [1.165, 1.54) is 0 Å². The number of aromatic amines is 1. The van der Waals surface area contributed by atoms with Crippen LogP contribution in [0.15, 0.2) is 24.4 Å². The molecule has 2 radical (unpaired) electrons. The largest absolute Gasteiger partial charge is 0.361 e. The van der Waals surface area contributed by atoms with Crippen molar-refractivity contribution in [3.63, 3.8) is 0 Å². The molecule has 0 aliphatic rings. The van der Waals surface area contributed by atoms with Gasteiger partial charge in [-0.15, -0.1) is 0 Å². The number of nitriles is 1. The monoisotopic (exact) mass is 166 g/mol. The molecular weight excluding hydrogens is 159 g/mol. The standard InChI is InChI=1S/C10H7BN2/c11-8-1-2-10-9(5-8)7(3-4-12)6-13-10/h1-2,5-6,13H,3H2. The zero-order chi connectivity index (χ0) is 9.26. The second-order valence-corrected chi connectivity index (χ2v) is 2.95. The first-order valence-corrected chi connectivity index (χ1v) is 4.03. The van der Waals surface area contributed by atoms with Gasteiger partial charge in [0.25, 0.3) is 0 Å². The normalized spacial score (nSPS) is 10.1. The maximum atomic E-state index is 8.57. The summed E-state index contributed by atoms with van der Waals surface area (Å²) in [7, 11) is 5.65. The maximum Gasteiger partial charge on any atom is 0.113 e. The fraction of sp³-hybridized carbons (Fsp3) is 0.100. The highest BCUT2D eigenvalue weighted by Crippen LogP contribution is 2.16. The minimum atomic E-state index is 0.420. The van der Waals surface area contributed by atoms with Crippen molar-refractivity contribution >= 4 is 24.2 Å². The molecule has 1 aromatic heterocycles. The molecule has 13 heavy (non-hydrogen) atoms. The highest BCUT2D eigenvalue weighted by atomic mass is 14.7. The summed E-state index contributed by atoms with van der Waals surface area (Å²) in [6.45, 7) is 0. The van der Waals surface area contributed by atoms with Crippen LogP contribution in [-0.4, -0.2) is 12.8 Å². The van der Waals surface area contributed by atoms with Crippen LogP contribution in [0.5, 0.6) is 0 Å². The number of hydrogen-bond donors (Lipinski definition) is 1. The van der Waals surface area contributed by atoms with E-state index in [0.717, 1.165) is 21.9 Å². The first-order valence-electron chi connectivity index (χ1n) is 4.03. The zero-order valence-electron chi connectivity index (χ0n) is 7.04. The van der Waals surface area contributed by atoms with Gasteiger partial charge in [0, 0.05) is 17.1 Å². The Labute approximate surface area is 77.6 Å². The molecule has 0 unspecified atom stereocenters.